The third-order valence-electron chi connectivity index (χ3n) is 3.73. The number of benzene rings is 2. The van der Waals surface area contributed by atoms with E-state index in [4.69, 9.17) is 16.3 Å². The number of fused-ring (bicyclic) bond motifs is 1. The van der Waals surface area contributed by atoms with Crippen molar-refractivity contribution in [2.45, 2.75) is 13.8 Å². The molecule has 0 aliphatic rings. The summed E-state index contributed by atoms with van der Waals surface area (Å²) in [6.45, 7) is 3.93. The average Bonchev–Trinajstić information content (AvgIpc) is 2.52. The van der Waals surface area contributed by atoms with Gasteiger partial charge in [-0.25, -0.2) is 4.39 Å². The van der Waals surface area contributed by atoms with Crippen molar-refractivity contribution in [3.05, 3.63) is 68.6 Å². The summed E-state index contributed by atoms with van der Waals surface area (Å²) in [5.74, 6) is -0.650. The molecule has 0 aliphatic heterocycles. The number of halogens is 2. The van der Waals surface area contributed by atoms with Gasteiger partial charge in [-0.2, -0.15) is 0 Å². The van der Waals surface area contributed by atoms with Crippen LogP contribution in [0, 0.1) is 29.8 Å². The predicted octanol–water partition coefficient (Wildman–Crippen LogP) is 5.34. The molecule has 0 bridgehead atoms. The van der Waals surface area contributed by atoms with Gasteiger partial charge in [0.2, 0.25) is 0 Å². The number of hydrogen-bond acceptors (Lipinski definition) is 4. The minimum Gasteiger partial charge on any atom is -0.453 e. The molecule has 0 amide bonds. The van der Waals surface area contributed by atoms with Crippen molar-refractivity contribution in [1.82, 2.24) is 4.98 Å². The average molecular weight is 347 g/mol. The smallest absolute Gasteiger partial charge is 0.291 e. The molecule has 2 aromatic carbocycles. The maximum atomic E-state index is 14.1. The minimum atomic E-state index is -0.861. The van der Waals surface area contributed by atoms with Crippen LogP contribution < -0.4 is 4.74 Å². The van der Waals surface area contributed by atoms with Gasteiger partial charge in [-0.1, -0.05) is 11.6 Å². The lowest BCUT2D eigenvalue weighted by molar-refractivity contribution is -0.384. The Balaban J connectivity index is 2.09. The van der Waals surface area contributed by atoms with Gasteiger partial charge in [0.1, 0.15) is 10.8 Å². The van der Waals surface area contributed by atoms with Crippen LogP contribution in [0.5, 0.6) is 11.5 Å². The molecule has 1 aromatic heterocycles. The number of nitrogens with zero attached hydrogens (tertiary/aromatic N) is 2. The normalized spacial score (nSPS) is 10.8. The van der Waals surface area contributed by atoms with E-state index in [9.17, 15) is 14.5 Å². The lowest BCUT2D eigenvalue weighted by atomic mass is 10.1. The number of hydrogen-bond donors (Lipinski definition) is 0. The molecule has 7 heteroatoms. The van der Waals surface area contributed by atoms with Crippen LogP contribution >= 0.6 is 11.6 Å². The summed E-state index contributed by atoms with van der Waals surface area (Å²) in [5.41, 5.74) is 2.33. The molecule has 0 saturated carbocycles. The highest BCUT2D eigenvalue weighted by atomic mass is 35.5. The molecule has 5 nitrogen and oxygen atoms in total. The van der Waals surface area contributed by atoms with Gasteiger partial charge >= 0.3 is 0 Å². The molecule has 3 rings (SSSR count). The van der Waals surface area contributed by atoms with Gasteiger partial charge < -0.3 is 4.74 Å². The van der Waals surface area contributed by atoms with Gasteiger partial charge in [0, 0.05) is 17.6 Å². The van der Waals surface area contributed by atoms with E-state index in [1.54, 1.807) is 12.3 Å². The largest absolute Gasteiger partial charge is 0.453 e. The third kappa shape index (κ3) is 2.88. The first-order valence-electron chi connectivity index (χ1n) is 7.04. The van der Waals surface area contributed by atoms with Crippen molar-refractivity contribution in [3.8, 4) is 11.5 Å². The van der Waals surface area contributed by atoms with E-state index >= 15 is 0 Å². The second-order valence-electron chi connectivity index (χ2n) is 5.36. The molecule has 0 saturated heterocycles. The van der Waals surface area contributed by atoms with Crippen molar-refractivity contribution < 1.29 is 14.1 Å². The fourth-order valence-electron chi connectivity index (χ4n) is 2.32. The van der Waals surface area contributed by atoms with E-state index in [1.165, 1.54) is 0 Å². The van der Waals surface area contributed by atoms with E-state index in [0.29, 0.717) is 11.3 Å². The number of aromatic nitrogens is 1. The maximum Gasteiger partial charge on any atom is 0.291 e. The summed E-state index contributed by atoms with van der Waals surface area (Å²) in [6.07, 6.45) is 1.55. The van der Waals surface area contributed by atoms with Crippen LogP contribution in [-0.2, 0) is 0 Å². The fourth-order valence-corrected chi connectivity index (χ4v) is 2.55. The van der Waals surface area contributed by atoms with Crippen LogP contribution in [-0.4, -0.2) is 9.91 Å². The highest BCUT2D eigenvalue weighted by molar-refractivity contribution is 6.32. The zero-order valence-corrected chi connectivity index (χ0v) is 13.6. The van der Waals surface area contributed by atoms with E-state index in [-0.39, 0.29) is 10.8 Å². The second kappa shape index (κ2) is 6.05. The first kappa shape index (κ1) is 16.1. The van der Waals surface area contributed by atoms with Gasteiger partial charge in [0.05, 0.1) is 16.5 Å². The lowest BCUT2D eigenvalue weighted by Crippen LogP contribution is -1.95. The van der Waals surface area contributed by atoms with Crippen LogP contribution in [0.3, 0.4) is 0 Å². The predicted molar refractivity (Wildman–Crippen MR) is 89.4 cm³/mol. The number of rotatable bonds is 3. The Morgan fingerprint density at radius 1 is 1.17 bits per heavy atom. The molecule has 0 aliphatic carbocycles. The molecule has 0 spiro atoms. The Morgan fingerprint density at radius 3 is 2.58 bits per heavy atom. The molecule has 0 radical (unpaired) electrons. The van der Waals surface area contributed by atoms with E-state index in [2.05, 4.69) is 4.98 Å². The Kier molecular flexibility index (Phi) is 4.07. The number of pyridine rings is 1. The molecule has 122 valence electrons. The summed E-state index contributed by atoms with van der Waals surface area (Å²) in [5, 5.41) is 11.3. The van der Waals surface area contributed by atoms with Crippen LogP contribution in [0.25, 0.3) is 10.9 Å². The highest BCUT2D eigenvalue weighted by Gasteiger charge is 2.19. The number of ether oxygens (including phenoxy) is 1. The van der Waals surface area contributed by atoms with Crippen molar-refractivity contribution in [1.29, 1.82) is 0 Å². The molecular weight excluding hydrogens is 335 g/mol. The molecule has 1 heterocycles. The van der Waals surface area contributed by atoms with Gasteiger partial charge in [-0.3, -0.25) is 15.1 Å². The first-order chi connectivity index (χ1) is 11.4. The zero-order chi connectivity index (χ0) is 17.4. The standard InChI is InChI=1S/C17H12ClFN2O3/c1-9-5-11-14(6-10(9)2)20-4-3-16(11)24-17-7-12(18)15(21(22)23)8-13(17)19/h3-8H,1-2H3. The lowest BCUT2D eigenvalue weighted by Gasteiger charge is -2.11. The number of nitro groups is 1. The van der Waals surface area contributed by atoms with Gasteiger partial charge in [-0.05, 0) is 43.2 Å². The Morgan fingerprint density at radius 2 is 1.88 bits per heavy atom. The van der Waals surface area contributed by atoms with Gasteiger partial charge in [0.15, 0.2) is 11.6 Å². The van der Waals surface area contributed by atoms with E-state index in [0.717, 1.165) is 28.6 Å². The Bertz CT molecular complexity index is 976. The van der Waals surface area contributed by atoms with Crippen LogP contribution in [0.2, 0.25) is 5.02 Å². The molecule has 3 aromatic rings. The fraction of sp³-hybridized carbons (Fsp3) is 0.118. The third-order valence-corrected chi connectivity index (χ3v) is 4.04. The molecular formula is C17H12ClFN2O3. The quantitative estimate of drug-likeness (QED) is 0.474. The van der Waals surface area contributed by atoms with Crippen molar-refractivity contribution in [2.24, 2.45) is 0 Å². The van der Waals surface area contributed by atoms with Gasteiger partial charge in [-0.15, -0.1) is 0 Å². The minimum absolute atomic E-state index is 0.184. The number of nitro benzene ring substituents is 1. The monoisotopic (exact) mass is 346 g/mol. The van der Waals surface area contributed by atoms with Crippen LogP contribution in [0.4, 0.5) is 10.1 Å². The molecule has 0 N–H and O–H groups in total. The van der Waals surface area contributed by atoms with E-state index < -0.39 is 16.4 Å². The number of aryl methyl sites for hydroxylation is 2. The Hall–Kier alpha value is -2.73. The molecule has 0 fully saturated rings. The van der Waals surface area contributed by atoms with Crippen molar-refractivity contribution >= 4 is 28.2 Å². The van der Waals surface area contributed by atoms with Crippen molar-refractivity contribution in [2.75, 3.05) is 0 Å². The topological polar surface area (TPSA) is 65.3 Å². The summed E-state index contributed by atoms with van der Waals surface area (Å²) in [4.78, 5) is 14.3. The summed E-state index contributed by atoms with van der Waals surface area (Å²) in [6, 6.07) is 7.26. The summed E-state index contributed by atoms with van der Waals surface area (Å²) in [7, 11) is 0. The first-order valence-corrected chi connectivity index (χ1v) is 7.42. The SMILES string of the molecule is Cc1cc2nccc(Oc3cc(Cl)c([N+](=O)[O-])cc3F)c2cc1C. The molecule has 0 atom stereocenters. The van der Waals surface area contributed by atoms with Gasteiger partial charge in [0.25, 0.3) is 5.69 Å². The highest BCUT2D eigenvalue weighted by Crippen LogP contribution is 2.36. The zero-order valence-electron chi connectivity index (χ0n) is 12.8. The Labute approximate surface area is 141 Å². The maximum absolute atomic E-state index is 14.1. The second-order valence-corrected chi connectivity index (χ2v) is 5.76. The van der Waals surface area contributed by atoms with Crippen molar-refractivity contribution in [3.63, 3.8) is 0 Å². The molecule has 0 unspecified atom stereocenters. The van der Waals surface area contributed by atoms with Crippen LogP contribution in [0.1, 0.15) is 11.1 Å². The summed E-state index contributed by atoms with van der Waals surface area (Å²) >= 11 is 5.83. The summed E-state index contributed by atoms with van der Waals surface area (Å²) < 4.78 is 19.7. The van der Waals surface area contributed by atoms with Crippen LogP contribution in [0.15, 0.2) is 36.5 Å². The van der Waals surface area contributed by atoms with E-state index in [1.807, 2.05) is 26.0 Å². The molecule has 24 heavy (non-hydrogen) atoms.